The lowest BCUT2D eigenvalue weighted by Gasteiger charge is -2.26. The zero-order valence-corrected chi connectivity index (χ0v) is 11.8. The van der Waals surface area contributed by atoms with E-state index in [0.29, 0.717) is 17.5 Å². The van der Waals surface area contributed by atoms with Crippen molar-refractivity contribution in [1.82, 2.24) is 0 Å². The van der Waals surface area contributed by atoms with E-state index in [1.165, 1.54) is 11.8 Å². The highest BCUT2D eigenvalue weighted by Crippen LogP contribution is 2.35. The van der Waals surface area contributed by atoms with Crippen LogP contribution < -0.4 is 4.90 Å². The number of nitrogens with zero attached hydrogens (tertiary/aromatic N) is 1. The molecule has 1 N–H and O–H groups in total. The zero-order chi connectivity index (χ0) is 13.3. The average Bonchev–Trinajstić information content (AvgIpc) is 2.67. The molecule has 1 fully saturated rings. The second kappa shape index (κ2) is 5.22. The predicted octanol–water partition coefficient (Wildman–Crippen LogP) is 3.34. The summed E-state index contributed by atoms with van der Waals surface area (Å²) in [6.45, 7) is 5.33. The van der Waals surface area contributed by atoms with Gasteiger partial charge in [0.05, 0.1) is 11.3 Å². The van der Waals surface area contributed by atoms with Gasteiger partial charge in [-0.3, -0.25) is 0 Å². The summed E-state index contributed by atoms with van der Waals surface area (Å²) >= 11 is 1.49. The van der Waals surface area contributed by atoms with E-state index in [2.05, 4.69) is 18.7 Å². The van der Waals surface area contributed by atoms with E-state index >= 15 is 0 Å². The van der Waals surface area contributed by atoms with Gasteiger partial charge in [0, 0.05) is 17.5 Å². The van der Waals surface area contributed by atoms with Crippen LogP contribution >= 0.6 is 11.8 Å². The zero-order valence-electron chi connectivity index (χ0n) is 11.0. The minimum Gasteiger partial charge on any atom is -0.478 e. The minimum atomic E-state index is -0.832. The molecule has 0 aliphatic carbocycles. The van der Waals surface area contributed by atoms with Crippen molar-refractivity contribution in [2.45, 2.75) is 31.2 Å². The van der Waals surface area contributed by atoms with Crippen molar-refractivity contribution in [3.63, 3.8) is 0 Å². The van der Waals surface area contributed by atoms with E-state index in [0.717, 1.165) is 23.5 Å². The van der Waals surface area contributed by atoms with Gasteiger partial charge in [0.15, 0.2) is 0 Å². The molecule has 2 unspecified atom stereocenters. The lowest BCUT2D eigenvalue weighted by atomic mass is 10.1. The normalized spacial score (nSPS) is 23.4. The van der Waals surface area contributed by atoms with Crippen LogP contribution in [-0.4, -0.2) is 29.9 Å². The molecular formula is C14H19NO2S. The lowest BCUT2D eigenvalue weighted by molar-refractivity contribution is 0.0694. The Morgan fingerprint density at radius 2 is 2.17 bits per heavy atom. The first-order valence-corrected chi connectivity index (χ1v) is 7.44. The van der Waals surface area contributed by atoms with Crippen LogP contribution in [-0.2, 0) is 0 Å². The molecule has 0 radical (unpaired) electrons. The molecule has 98 valence electrons. The van der Waals surface area contributed by atoms with E-state index in [4.69, 9.17) is 0 Å². The van der Waals surface area contributed by atoms with E-state index < -0.39 is 5.97 Å². The van der Waals surface area contributed by atoms with Crippen LogP contribution in [0.4, 0.5) is 5.69 Å². The smallest absolute Gasteiger partial charge is 0.338 e. The Morgan fingerprint density at radius 1 is 1.44 bits per heavy atom. The lowest BCUT2D eigenvalue weighted by Crippen LogP contribution is -2.28. The van der Waals surface area contributed by atoms with E-state index in [1.54, 1.807) is 0 Å². The number of carboxylic acids is 1. The number of hydrogen-bond acceptors (Lipinski definition) is 3. The van der Waals surface area contributed by atoms with Crippen molar-refractivity contribution in [2.75, 3.05) is 17.7 Å². The average molecular weight is 265 g/mol. The molecule has 0 saturated carbocycles. The molecule has 0 aromatic heterocycles. The third-order valence-corrected chi connectivity index (χ3v) is 4.31. The van der Waals surface area contributed by atoms with Gasteiger partial charge in [-0.05, 0) is 37.7 Å². The van der Waals surface area contributed by atoms with Crippen molar-refractivity contribution in [3.8, 4) is 0 Å². The number of thioether (sulfide) groups is 1. The van der Waals surface area contributed by atoms with Gasteiger partial charge >= 0.3 is 5.97 Å². The van der Waals surface area contributed by atoms with E-state index in [1.807, 2.05) is 24.5 Å². The number of aromatic carboxylic acids is 1. The molecule has 1 aliphatic rings. The number of anilines is 1. The number of hydrogen-bond donors (Lipinski definition) is 1. The summed E-state index contributed by atoms with van der Waals surface area (Å²) in [4.78, 5) is 14.6. The summed E-state index contributed by atoms with van der Waals surface area (Å²) in [5, 5.41) is 9.45. The molecule has 1 aromatic carbocycles. The summed E-state index contributed by atoms with van der Waals surface area (Å²) in [5.41, 5.74) is 1.32. The SMILES string of the molecule is CSc1cccc(N2CC(C)CC2C)c1C(=O)O. The van der Waals surface area contributed by atoms with Crippen molar-refractivity contribution in [3.05, 3.63) is 23.8 Å². The molecule has 1 saturated heterocycles. The van der Waals surface area contributed by atoms with E-state index in [-0.39, 0.29) is 0 Å². The summed E-state index contributed by atoms with van der Waals surface area (Å²) < 4.78 is 0. The van der Waals surface area contributed by atoms with Crippen LogP contribution in [0.2, 0.25) is 0 Å². The van der Waals surface area contributed by atoms with Crippen molar-refractivity contribution >= 4 is 23.4 Å². The number of carboxylic acid groups (broad SMARTS) is 1. The summed E-state index contributed by atoms with van der Waals surface area (Å²) in [5.74, 6) is -0.207. The van der Waals surface area contributed by atoms with Gasteiger partial charge in [0.2, 0.25) is 0 Å². The standard InChI is InChI=1S/C14H19NO2S/c1-9-7-10(2)15(8-9)11-5-4-6-12(18-3)13(11)14(16)17/h4-6,9-10H,7-8H2,1-3H3,(H,16,17). The highest BCUT2D eigenvalue weighted by atomic mass is 32.2. The molecule has 0 spiro atoms. The third-order valence-electron chi connectivity index (χ3n) is 3.53. The highest BCUT2D eigenvalue weighted by molar-refractivity contribution is 7.98. The van der Waals surface area contributed by atoms with Gasteiger partial charge in [0.25, 0.3) is 0 Å². The quantitative estimate of drug-likeness (QED) is 0.851. The molecule has 1 aromatic rings. The molecule has 3 nitrogen and oxygen atoms in total. The maximum atomic E-state index is 11.5. The summed E-state index contributed by atoms with van der Waals surface area (Å²) in [6, 6.07) is 6.17. The van der Waals surface area contributed by atoms with Crippen molar-refractivity contribution < 1.29 is 9.90 Å². The fraction of sp³-hybridized carbons (Fsp3) is 0.500. The van der Waals surface area contributed by atoms with Crippen LogP contribution in [0.3, 0.4) is 0 Å². The van der Waals surface area contributed by atoms with Crippen LogP contribution in [0.15, 0.2) is 23.1 Å². The minimum absolute atomic E-state index is 0.412. The molecule has 1 heterocycles. The Morgan fingerprint density at radius 3 is 2.67 bits per heavy atom. The summed E-state index contributed by atoms with van der Waals surface area (Å²) in [7, 11) is 0. The monoisotopic (exact) mass is 265 g/mol. The van der Waals surface area contributed by atoms with E-state index in [9.17, 15) is 9.90 Å². The topological polar surface area (TPSA) is 40.5 Å². The van der Waals surface area contributed by atoms with Gasteiger partial charge < -0.3 is 10.0 Å². The Kier molecular flexibility index (Phi) is 3.85. The molecule has 1 aliphatic heterocycles. The Balaban J connectivity index is 2.47. The van der Waals surface area contributed by atoms with Gasteiger partial charge in [-0.15, -0.1) is 11.8 Å². The third kappa shape index (κ3) is 2.34. The van der Waals surface area contributed by atoms with Gasteiger partial charge in [-0.2, -0.15) is 0 Å². The molecule has 4 heteroatoms. The molecular weight excluding hydrogens is 246 g/mol. The predicted molar refractivity (Wildman–Crippen MR) is 75.8 cm³/mol. The van der Waals surface area contributed by atoms with Crippen LogP contribution in [0, 0.1) is 5.92 Å². The fourth-order valence-corrected chi connectivity index (χ4v) is 3.39. The maximum Gasteiger partial charge on any atom is 0.338 e. The first-order chi connectivity index (χ1) is 8.54. The summed E-state index contributed by atoms with van der Waals surface area (Å²) in [6.07, 6.45) is 3.05. The van der Waals surface area contributed by atoms with Gasteiger partial charge in [-0.25, -0.2) is 4.79 Å². The van der Waals surface area contributed by atoms with Crippen molar-refractivity contribution in [2.24, 2.45) is 5.92 Å². The second-order valence-electron chi connectivity index (χ2n) is 5.00. The largest absolute Gasteiger partial charge is 0.478 e. The molecule has 18 heavy (non-hydrogen) atoms. The Bertz CT molecular complexity index is 461. The number of benzene rings is 1. The Labute approximate surface area is 112 Å². The molecule has 2 atom stereocenters. The second-order valence-corrected chi connectivity index (χ2v) is 5.85. The van der Waals surface area contributed by atoms with Crippen LogP contribution in [0.25, 0.3) is 0 Å². The first-order valence-electron chi connectivity index (χ1n) is 6.21. The molecule has 0 bridgehead atoms. The van der Waals surface area contributed by atoms with Crippen LogP contribution in [0.1, 0.15) is 30.6 Å². The fourth-order valence-electron chi connectivity index (χ4n) is 2.78. The first kappa shape index (κ1) is 13.3. The van der Waals surface area contributed by atoms with Crippen molar-refractivity contribution in [1.29, 1.82) is 0 Å². The van der Waals surface area contributed by atoms with Crippen LogP contribution in [0.5, 0.6) is 0 Å². The molecule has 0 amide bonds. The van der Waals surface area contributed by atoms with Gasteiger partial charge in [-0.1, -0.05) is 13.0 Å². The molecule has 2 rings (SSSR count). The maximum absolute atomic E-state index is 11.5. The number of carbonyl (C=O) groups is 1. The van der Waals surface area contributed by atoms with Gasteiger partial charge in [0.1, 0.15) is 0 Å². The highest BCUT2D eigenvalue weighted by Gasteiger charge is 2.29. The number of rotatable bonds is 3. The Hall–Kier alpha value is -1.16.